The molecule has 0 aromatic heterocycles. The van der Waals surface area contributed by atoms with Gasteiger partial charge in [-0.2, -0.15) is 0 Å². The predicted octanol–water partition coefficient (Wildman–Crippen LogP) is 4.01. The minimum absolute atomic E-state index is 0.0776. The van der Waals surface area contributed by atoms with Gasteiger partial charge in [-0.05, 0) is 80.5 Å². The fraction of sp³-hybridized carbons (Fsp3) is 0.864. The van der Waals surface area contributed by atoms with E-state index >= 15 is 0 Å². The third-order valence-corrected chi connectivity index (χ3v) is 8.69. The van der Waals surface area contributed by atoms with E-state index < -0.39 is 0 Å². The molecule has 0 heterocycles. The number of carbonyl (C=O) groups is 1. The number of fused-ring (bicyclic) bond motifs is 5. The number of hydrogen-bond acceptors (Lipinski definition) is 3. The summed E-state index contributed by atoms with van der Waals surface area (Å²) in [5.74, 6) is 3.11. The normalized spacial score (nSPS) is 51.0. The number of allylic oxidation sites excluding steroid dienone is 1. The molecule has 0 radical (unpaired) electrons. The second kappa shape index (κ2) is 5.84. The van der Waals surface area contributed by atoms with Gasteiger partial charge in [0, 0.05) is 31.3 Å². The Morgan fingerprint density at radius 3 is 2.56 bits per heavy atom. The van der Waals surface area contributed by atoms with Crippen molar-refractivity contribution >= 4 is 5.78 Å². The van der Waals surface area contributed by atoms with Crippen LogP contribution in [-0.2, 0) is 4.79 Å². The maximum Gasteiger partial charge on any atom is 0.166 e. The lowest BCUT2D eigenvalue weighted by atomic mass is 9.45. The quantitative estimate of drug-likeness (QED) is 0.730. The highest BCUT2D eigenvalue weighted by atomic mass is 16.3. The fourth-order valence-electron chi connectivity index (χ4n) is 7.33. The molecule has 4 saturated carbocycles. The van der Waals surface area contributed by atoms with Gasteiger partial charge in [0.1, 0.15) is 0 Å². The summed E-state index contributed by atoms with van der Waals surface area (Å²) in [6, 6.07) is 0. The first-order valence-corrected chi connectivity index (χ1v) is 10.4. The minimum atomic E-state index is -0.125. The Morgan fingerprint density at radius 2 is 1.84 bits per heavy atom. The molecule has 1 N–H and O–H groups in total. The zero-order valence-corrected chi connectivity index (χ0v) is 16.4. The number of aliphatic hydroxyl groups excluding tert-OH is 1. The zero-order valence-electron chi connectivity index (χ0n) is 16.4. The van der Waals surface area contributed by atoms with Crippen LogP contribution in [0.5, 0.6) is 0 Å². The van der Waals surface area contributed by atoms with E-state index in [2.05, 4.69) is 20.0 Å². The van der Waals surface area contributed by atoms with Crippen LogP contribution in [0.3, 0.4) is 0 Å². The highest BCUT2D eigenvalue weighted by Crippen LogP contribution is 2.66. The summed E-state index contributed by atoms with van der Waals surface area (Å²) in [7, 11) is 4.04. The average Bonchev–Trinajstić information content (AvgIpc) is 2.79. The maximum absolute atomic E-state index is 13.1. The van der Waals surface area contributed by atoms with Crippen molar-refractivity contribution in [1.29, 1.82) is 0 Å². The fourth-order valence-corrected chi connectivity index (χ4v) is 7.33. The molecule has 0 bridgehead atoms. The second-order valence-electron chi connectivity index (χ2n) is 10.2. The monoisotopic (exact) mass is 345 g/mol. The van der Waals surface area contributed by atoms with Crippen molar-refractivity contribution in [1.82, 2.24) is 4.90 Å². The molecule has 0 saturated heterocycles. The van der Waals surface area contributed by atoms with Crippen LogP contribution < -0.4 is 0 Å². The minimum Gasteiger partial charge on any atom is -0.393 e. The average molecular weight is 346 g/mol. The van der Waals surface area contributed by atoms with Crippen LogP contribution in [0.25, 0.3) is 0 Å². The Kier molecular flexibility index (Phi) is 4.10. The lowest BCUT2D eigenvalue weighted by molar-refractivity contribution is -0.141. The molecule has 4 aliphatic rings. The summed E-state index contributed by atoms with van der Waals surface area (Å²) in [6.45, 7) is 4.77. The van der Waals surface area contributed by atoms with Gasteiger partial charge in [-0.3, -0.25) is 4.79 Å². The third kappa shape index (κ3) is 2.52. The molecule has 7 atom stereocenters. The molecular weight excluding hydrogens is 310 g/mol. The van der Waals surface area contributed by atoms with Crippen molar-refractivity contribution in [2.75, 3.05) is 14.1 Å². The molecule has 4 rings (SSSR count). The van der Waals surface area contributed by atoms with Crippen LogP contribution >= 0.6 is 0 Å². The first-order valence-electron chi connectivity index (χ1n) is 10.4. The van der Waals surface area contributed by atoms with Gasteiger partial charge in [-0.1, -0.05) is 13.8 Å². The van der Waals surface area contributed by atoms with Crippen LogP contribution in [0.1, 0.15) is 65.2 Å². The summed E-state index contributed by atoms with van der Waals surface area (Å²) in [4.78, 5) is 15.2. The molecule has 140 valence electrons. The highest BCUT2D eigenvalue weighted by Gasteiger charge is 2.61. The number of rotatable bonds is 1. The van der Waals surface area contributed by atoms with E-state index in [0.717, 1.165) is 37.2 Å². The zero-order chi connectivity index (χ0) is 18.0. The number of carbonyl (C=O) groups excluding carboxylic acids is 1. The van der Waals surface area contributed by atoms with Gasteiger partial charge in [0.25, 0.3) is 0 Å². The summed E-state index contributed by atoms with van der Waals surface area (Å²) in [5.41, 5.74) is 1.32. The number of hydrogen-bond donors (Lipinski definition) is 1. The van der Waals surface area contributed by atoms with E-state index in [1.54, 1.807) is 0 Å². The van der Waals surface area contributed by atoms with Gasteiger partial charge < -0.3 is 10.0 Å². The van der Waals surface area contributed by atoms with Gasteiger partial charge in [-0.15, -0.1) is 0 Å². The summed E-state index contributed by atoms with van der Waals surface area (Å²) in [5, 5.41) is 10.1. The first-order chi connectivity index (χ1) is 11.8. The van der Waals surface area contributed by atoms with Crippen molar-refractivity contribution in [2.45, 2.75) is 71.3 Å². The molecule has 4 aliphatic carbocycles. The lowest BCUT2D eigenvalue weighted by Gasteiger charge is -2.59. The second-order valence-corrected chi connectivity index (χ2v) is 10.2. The van der Waals surface area contributed by atoms with Gasteiger partial charge in [-0.25, -0.2) is 0 Å². The molecule has 0 spiro atoms. The van der Waals surface area contributed by atoms with Gasteiger partial charge >= 0.3 is 0 Å². The smallest absolute Gasteiger partial charge is 0.166 e. The number of ketones is 1. The van der Waals surface area contributed by atoms with Crippen LogP contribution in [0.4, 0.5) is 0 Å². The Bertz CT molecular complexity index is 597. The number of aliphatic hydroxyl groups is 1. The van der Waals surface area contributed by atoms with E-state index in [1.807, 2.05) is 19.0 Å². The summed E-state index contributed by atoms with van der Waals surface area (Å²) < 4.78 is 0. The third-order valence-electron chi connectivity index (χ3n) is 8.69. The standard InChI is InChI=1S/C22H35NO2/c1-21-9-7-16(24)12-15(21)5-6-17-18(21)8-10-22(2)19(17)11-14(20(22)25)13-23(3)4/h13,15-19,24H,5-12H2,1-4H3/b14-13+/t15-,16-,17+,18-,19-,21-,22-/m0/s1. The van der Waals surface area contributed by atoms with E-state index in [4.69, 9.17) is 0 Å². The van der Waals surface area contributed by atoms with Crippen LogP contribution in [-0.4, -0.2) is 36.0 Å². The highest BCUT2D eigenvalue weighted by molar-refractivity contribution is 6.02. The molecule has 0 amide bonds. The molecular formula is C22H35NO2. The maximum atomic E-state index is 13.1. The largest absolute Gasteiger partial charge is 0.393 e. The molecule has 0 aromatic rings. The van der Waals surface area contributed by atoms with Crippen LogP contribution in [0.2, 0.25) is 0 Å². The SMILES string of the molecule is CN(C)/C=C1\C[C@H]2[C@@H]3CC[C@H]4C[C@@H](O)CC[C@]4(C)[C@H]3CC[C@]2(C)C1=O. The van der Waals surface area contributed by atoms with E-state index in [0.29, 0.717) is 29.0 Å². The lowest BCUT2D eigenvalue weighted by Crippen LogP contribution is -2.54. The molecule has 0 unspecified atom stereocenters. The molecule has 3 nitrogen and oxygen atoms in total. The van der Waals surface area contributed by atoms with Crippen molar-refractivity contribution < 1.29 is 9.90 Å². The van der Waals surface area contributed by atoms with Crippen LogP contribution in [0.15, 0.2) is 11.8 Å². The van der Waals surface area contributed by atoms with E-state index in [9.17, 15) is 9.90 Å². The molecule has 0 aromatic carbocycles. The van der Waals surface area contributed by atoms with Gasteiger partial charge in [0.15, 0.2) is 5.78 Å². The molecule has 3 heteroatoms. The van der Waals surface area contributed by atoms with Crippen molar-refractivity contribution in [3.8, 4) is 0 Å². The number of nitrogens with zero attached hydrogens (tertiary/aromatic N) is 1. The summed E-state index contributed by atoms with van der Waals surface area (Å²) >= 11 is 0. The van der Waals surface area contributed by atoms with Crippen molar-refractivity contribution in [3.05, 3.63) is 11.8 Å². The van der Waals surface area contributed by atoms with Crippen molar-refractivity contribution in [2.24, 2.45) is 34.5 Å². The Hall–Kier alpha value is -0.830. The van der Waals surface area contributed by atoms with Gasteiger partial charge in [0.05, 0.1) is 6.10 Å². The Labute approximate surface area is 152 Å². The molecule has 0 aliphatic heterocycles. The molecule has 25 heavy (non-hydrogen) atoms. The summed E-state index contributed by atoms with van der Waals surface area (Å²) in [6.07, 6.45) is 10.9. The van der Waals surface area contributed by atoms with Crippen LogP contribution in [0, 0.1) is 34.5 Å². The van der Waals surface area contributed by atoms with Crippen molar-refractivity contribution in [3.63, 3.8) is 0 Å². The number of Topliss-reactive ketones (excluding diaryl/α,β-unsaturated/α-hetero) is 1. The predicted molar refractivity (Wildman–Crippen MR) is 99.9 cm³/mol. The van der Waals surface area contributed by atoms with Gasteiger partial charge in [0.2, 0.25) is 0 Å². The first kappa shape index (κ1) is 17.6. The van der Waals surface area contributed by atoms with E-state index in [1.165, 1.54) is 25.7 Å². The Balaban J connectivity index is 1.64. The Morgan fingerprint density at radius 1 is 1.08 bits per heavy atom. The molecule has 4 fully saturated rings. The topological polar surface area (TPSA) is 40.5 Å². The van der Waals surface area contributed by atoms with E-state index in [-0.39, 0.29) is 11.5 Å².